The predicted molar refractivity (Wildman–Crippen MR) is 82.4 cm³/mol. The second-order valence-electron chi connectivity index (χ2n) is 4.97. The number of imidazole rings is 1. The maximum absolute atomic E-state index is 14.2. The van der Waals surface area contributed by atoms with E-state index in [2.05, 4.69) is 19.5 Å². The standard InChI is InChI=1S/C13H16FN4O6P/c1-3-23-25(19,20)7-22-9-4-8(14)13(24-9)18-6-17-10-11(18)15-5-16-12(10)21-2/h4-6,9,13H,3,7H2,1-2H3,(H,19,20)/t9?,13-/m1/s1. The van der Waals surface area contributed by atoms with Gasteiger partial charge in [-0.2, -0.15) is 4.98 Å². The Labute approximate surface area is 141 Å². The Balaban J connectivity index is 1.75. The molecule has 1 aliphatic heterocycles. The monoisotopic (exact) mass is 374 g/mol. The Kier molecular flexibility index (Phi) is 5.11. The van der Waals surface area contributed by atoms with Gasteiger partial charge in [0.1, 0.15) is 6.33 Å². The van der Waals surface area contributed by atoms with Crippen LogP contribution >= 0.6 is 7.60 Å². The van der Waals surface area contributed by atoms with Crippen molar-refractivity contribution in [2.75, 3.05) is 20.1 Å². The summed E-state index contributed by atoms with van der Waals surface area (Å²) < 4.78 is 47.5. The average Bonchev–Trinajstić information content (AvgIpc) is 3.16. The highest BCUT2D eigenvalue weighted by Gasteiger charge is 2.33. The number of ether oxygens (including phenoxy) is 3. The summed E-state index contributed by atoms with van der Waals surface area (Å²) in [6.07, 6.45) is 0.712. The number of rotatable bonds is 7. The van der Waals surface area contributed by atoms with Gasteiger partial charge >= 0.3 is 7.60 Å². The summed E-state index contributed by atoms with van der Waals surface area (Å²) in [6.45, 7) is 1.63. The summed E-state index contributed by atoms with van der Waals surface area (Å²) in [7, 11) is -2.47. The smallest absolute Gasteiger partial charge is 0.353 e. The zero-order valence-corrected chi connectivity index (χ0v) is 14.3. The minimum absolute atomic E-state index is 0.0536. The zero-order chi connectivity index (χ0) is 18.0. The fourth-order valence-electron chi connectivity index (χ4n) is 2.29. The van der Waals surface area contributed by atoms with Crippen LogP contribution in [0.3, 0.4) is 0 Å². The van der Waals surface area contributed by atoms with Crippen molar-refractivity contribution in [1.82, 2.24) is 19.5 Å². The molecule has 2 aromatic heterocycles. The van der Waals surface area contributed by atoms with Gasteiger partial charge in [0.25, 0.3) is 0 Å². The van der Waals surface area contributed by atoms with Crippen molar-refractivity contribution in [1.29, 1.82) is 0 Å². The fraction of sp³-hybridized carbons (Fsp3) is 0.462. The SMILES string of the molecule is CCOP(=O)(O)COC1C=C(F)[C@H](n2cnc3c(OC)ncnc32)O1. The van der Waals surface area contributed by atoms with Gasteiger partial charge in [0, 0.05) is 6.08 Å². The molecule has 0 radical (unpaired) electrons. The van der Waals surface area contributed by atoms with Crippen molar-refractivity contribution in [3.8, 4) is 5.88 Å². The Bertz CT molecular complexity index is 843. The summed E-state index contributed by atoms with van der Waals surface area (Å²) >= 11 is 0. The summed E-state index contributed by atoms with van der Waals surface area (Å²) in [6, 6.07) is 0. The third-order valence-electron chi connectivity index (χ3n) is 3.30. The highest BCUT2D eigenvalue weighted by atomic mass is 31.2. The second kappa shape index (κ2) is 7.14. The molecular formula is C13H16FN4O6P. The molecule has 10 nitrogen and oxygen atoms in total. The van der Waals surface area contributed by atoms with Crippen molar-refractivity contribution >= 4 is 18.8 Å². The van der Waals surface area contributed by atoms with Gasteiger partial charge in [-0.15, -0.1) is 0 Å². The van der Waals surface area contributed by atoms with Crippen molar-refractivity contribution in [3.05, 3.63) is 24.6 Å². The zero-order valence-electron chi connectivity index (χ0n) is 13.4. The molecule has 0 spiro atoms. The van der Waals surface area contributed by atoms with E-state index in [9.17, 15) is 13.8 Å². The van der Waals surface area contributed by atoms with E-state index in [1.165, 1.54) is 24.3 Å². The summed E-state index contributed by atoms with van der Waals surface area (Å²) in [5, 5.41) is 0. The Morgan fingerprint density at radius 3 is 2.96 bits per heavy atom. The lowest BCUT2D eigenvalue weighted by Gasteiger charge is -2.17. The van der Waals surface area contributed by atoms with Gasteiger partial charge < -0.3 is 23.6 Å². The number of fused-ring (bicyclic) bond motifs is 1. The predicted octanol–water partition coefficient (Wildman–Crippen LogP) is 1.74. The molecule has 0 saturated heterocycles. The number of halogens is 1. The van der Waals surface area contributed by atoms with E-state index in [0.717, 1.165) is 6.08 Å². The molecule has 0 fully saturated rings. The quantitative estimate of drug-likeness (QED) is 0.723. The van der Waals surface area contributed by atoms with Crippen LogP contribution < -0.4 is 4.74 Å². The number of methoxy groups -OCH3 is 1. The van der Waals surface area contributed by atoms with Gasteiger partial charge in [-0.05, 0) is 6.92 Å². The average molecular weight is 374 g/mol. The number of nitrogens with zero attached hydrogens (tertiary/aromatic N) is 4. The highest BCUT2D eigenvalue weighted by molar-refractivity contribution is 7.52. The normalized spacial score (nSPS) is 22.8. The summed E-state index contributed by atoms with van der Waals surface area (Å²) in [5.74, 6) is -0.400. The Morgan fingerprint density at radius 2 is 2.24 bits per heavy atom. The van der Waals surface area contributed by atoms with Crippen molar-refractivity contribution in [2.24, 2.45) is 0 Å². The number of hydrogen-bond acceptors (Lipinski definition) is 8. The van der Waals surface area contributed by atoms with Crippen molar-refractivity contribution < 1.29 is 32.6 Å². The van der Waals surface area contributed by atoms with Gasteiger partial charge in [-0.3, -0.25) is 9.13 Å². The van der Waals surface area contributed by atoms with E-state index in [4.69, 9.17) is 14.2 Å². The number of hydrogen-bond donors (Lipinski definition) is 1. The molecule has 1 N–H and O–H groups in total. The molecule has 0 saturated carbocycles. The molecule has 12 heteroatoms. The molecular weight excluding hydrogens is 358 g/mol. The first-order chi connectivity index (χ1) is 11.9. The van der Waals surface area contributed by atoms with Gasteiger partial charge in [0.2, 0.25) is 5.88 Å². The van der Waals surface area contributed by atoms with E-state index in [1.807, 2.05) is 0 Å². The van der Waals surface area contributed by atoms with Crippen molar-refractivity contribution in [2.45, 2.75) is 19.4 Å². The molecule has 0 aliphatic carbocycles. The van der Waals surface area contributed by atoms with Gasteiger partial charge in [-0.25, -0.2) is 14.4 Å². The molecule has 2 unspecified atom stereocenters. The lowest BCUT2D eigenvalue weighted by Crippen LogP contribution is -2.17. The third kappa shape index (κ3) is 3.70. The van der Waals surface area contributed by atoms with Crippen LogP contribution in [0.2, 0.25) is 0 Å². The first-order valence-corrected chi connectivity index (χ1v) is 9.03. The Hall–Kier alpha value is -1.91. The van der Waals surface area contributed by atoms with Crippen LogP contribution in [0.1, 0.15) is 13.2 Å². The number of aromatic nitrogens is 4. The van der Waals surface area contributed by atoms with E-state index in [-0.39, 0.29) is 12.5 Å². The molecule has 3 atom stereocenters. The summed E-state index contributed by atoms with van der Waals surface area (Å²) in [4.78, 5) is 21.5. The topological polar surface area (TPSA) is 118 Å². The second-order valence-corrected chi connectivity index (χ2v) is 6.76. The molecule has 136 valence electrons. The van der Waals surface area contributed by atoms with Crippen LogP contribution in [0.5, 0.6) is 5.88 Å². The summed E-state index contributed by atoms with van der Waals surface area (Å²) in [5.41, 5.74) is 0.658. The lowest BCUT2D eigenvalue weighted by molar-refractivity contribution is -0.130. The molecule has 1 aliphatic rings. The molecule has 25 heavy (non-hydrogen) atoms. The van der Waals surface area contributed by atoms with Crippen LogP contribution in [-0.4, -0.2) is 50.8 Å². The first kappa shape index (κ1) is 17.9. The molecule has 0 amide bonds. The van der Waals surface area contributed by atoms with E-state index < -0.39 is 32.3 Å². The van der Waals surface area contributed by atoms with Crippen LogP contribution in [0.15, 0.2) is 24.6 Å². The van der Waals surface area contributed by atoms with Gasteiger partial charge in [0.15, 0.2) is 35.9 Å². The van der Waals surface area contributed by atoms with E-state index >= 15 is 0 Å². The maximum atomic E-state index is 14.2. The largest absolute Gasteiger partial charge is 0.479 e. The third-order valence-corrected chi connectivity index (χ3v) is 4.44. The fourth-order valence-corrected chi connectivity index (χ4v) is 3.10. The minimum atomic E-state index is -3.90. The minimum Gasteiger partial charge on any atom is -0.479 e. The van der Waals surface area contributed by atoms with E-state index in [1.54, 1.807) is 6.92 Å². The molecule has 2 aromatic rings. The lowest BCUT2D eigenvalue weighted by atomic mass is 10.4. The molecule has 3 rings (SSSR count). The van der Waals surface area contributed by atoms with Crippen LogP contribution in [0.4, 0.5) is 4.39 Å². The maximum Gasteiger partial charge on any atom is 0.353 e. The molecule has 0 aromatic carbocycles. The molecule has 3 heterocycles. The van der Waals surface area contributed by atoms with Crippen LogP contribution in [0.25, 0.3) is 11.2 Å². The van der Waals surface area contributed by atoms with Gasteiger partial charge in [-0.1, -0.05) is 0 Å². The molecule has 0 bridgehead atoms. The highest BCUT2D eigenvalue weighted by Crippen LogP contribution is 2.43. The van der Waals surface area contributed by atoms with Crippen LogP contribution in [-0.2, 0) is 18.6 Å². The van der Waals surface area contributed by atoms with Crippen molar-refractivity contribution in [3.63, 3.8) is 0 Å². The first-order valence-electron chi connectivity index (χ1n) is 7.27. The van der Waals surface area contributed by atoms with E-state index in [0.29, 0.717) is 11.2 Å². The van der Waals surface area contributed by atoms with Gasteiger partial charge in [0.05, 0.1) is 20.0 Å². The Morgan fingerprint density at radius 1 is 1.44 bits per heavy atom. The van der Waals surface area contributed by atoms with Crippen LogP contribution in [0, 0.1) is 0 Å².